The van der Waals surface area contributed by atoms with E-state index in [0.717, 1.165) is 62.0 Å². The number of anilines is 4. The van der Waals surface area contributed by atoms with Gasteiger partial charge in [-0.1, -0.05) is 141 Å². The Hall–Kier alpha value is -6.02. The molecule has 2 aromatic heterocycles. The van der Waals surface area contributed by atoms with Gasteiger partial charge in [0, 0.05) is 55.9 Å². The number of amides is 4. The van der Waals surface area contributed by atoms with Gasteiger partial charge in [0.1, 0.15) is 0 Å². The molecule has 4 aromatic rings. The molecule has 0 radical (unpaired) electrons. The number of halogens is 6. The summed E-state index contributed by atoms with van der Waals surface area (Å²) in [6, 6.07) is 14.1. The molecule has 4 aliphatic rings. The number of thioether (sulfide) groups is 2. The average molecular weight is 1160 g/mol. The lowest BCUT2D eigenvalue weighted by molar-refractivity contribution is -0.258. The van der Waals surface area contributed by atoms with E-state index in [1.165, 1.54) is 103 Å². The van der Waals surface area contributed by atoms with Crippen molar-refractivity contribution in [2.75, 3.05) is 21.3 Å². The first-order valence-electron chi connectivity index (χ1n) is 28.6. The molecule has 12 nitrogen and oxygen atoms in total. The molecular formula is C61H74F6N8O4S2. The smallest absolute Gasteiger partial charge is 0.329 e. The summed E-state index contributed by atoms with van der Waals surface area (Å²) in [5, 5.41) is 10.5. The number of carbonyl (C=O) groups is 2. The predicted molar refractivity (Wildman–Crippen MR) is 316 cm³/mol. The molecule has 0 spiro atoms. The summed E-state index contributed by atoms with van der Waals surface area (Å²) >= 11 is 2.27. The summed E-state index contributed by atoms with van der Waals surface area (Å²) < 4.78 is 94.4. The summed E-state index contributed by atoms with van der Waals surface area (Å²) in [7, 11) is 0. The number of hydrogen-bond acceptors (Lipinski definition) is 8. The van der Waals surface area contributed by atoms with E-state index in [-0.39, 0.29) is 34.2 Å². The van der Waals surface area contributed by atoms with Crippen LogP contribution in [-0.4, -0.2) is 59.3 Å². The lowest BCUT2D eigenvalue weighted by Crippen LogP contribution is -2.49. The third-order valence-electron chi connectivity index (χ3n) is 16.0. The van der Waals surface area contributed by atoms with Crippen LogP contribution in [0.2, 0.25) is 0 Å². The van der Waals surface area contributed by atoms with Crippen molar-refractivity contribution in [2.24, 2.45) is 0 Å². The van der Waals surface area contributed by atoms with Crippen LogP contribution in [0.1, 0.15) is 180 Å². The van der Waals surface area contributed by atoms with Crippen molar-refractivity contribution < 1.29 is 35.9 Å². The topological polar surface area (TPSA) is 174 Å². The average Bonchev–Trinajstić information content (AvgIpc) is 1.56. The molecule has 1 fully saturated rings. The zero-order valence-electron chi connectivity index (χ0n) is 47.0. The standard InChI is InChI=1S/C61H74F6N8O4S2/c1-7-9-11-13-15-17-19-21-23-25-43-35-45(76)72-53(68-43)74-55(78)70-41-31-27-39(28-32-41)51-37(3)47-49-50(60(64,65)61(66,67)59(49,62)63)48-38(4)52(81-58(48,6)57(47,5)80-51)40-29-33-42(34-30-40)71-56(79)75-54-69-44(36-46(77)73-54)26-24-22-20-18-16-14-12-10-8-2/h27-36H,7-26H2,1-6H3,(H3,68,70,72,74,76,78)(H3,69,71,73,75,77,79). The van der Waals surface area contributed by atoms with Crippen molar-refractivity contribution in [3.8, 4) is 0 Å². The molecule has 4 heterocycles. The van der Waals surface area contributed by atoms with Gasteiger partial charge in [-0.3, -0.25) is 20.2 Å². The molecule has 0 bridgehead atoms. The van der Waals surface area contributed by atoms with E-state index in [4.69, 9.17) is 0 Å². The lowest BCUT2D eigenvalue weighted by atomic mass is 9.68. The van der Waals surface area contributed by atoms with Crippen molar-refractivity contribution in [1.29, 1.82) is 0 Å². The molecule has 2 atom stereocenters. The van der Waals surface area contributed by atoms with Crippen molar-refractivity contribution in [3.05, 3.63) is 137 Å². The highest BCUT2D eigenvalue weighted by Gasteiger charge is 2.85. The largest absolute Gasteiger partial charge is 0.380 e. The minimum atomic E-state index is -5.76. The number of aryl methyl sites for hydroxylation is 2. The van der Waals surface area contributed by atoms with Gasteiger partial charge in [0.15, 0.2) is 0 Å². The molecule has 2 unspecified atom stereocenters. The van der Waals surface area contributed by atoms with Crippen molar-refractivity contribution in [1.82, 2.24) is 19.9 Å². The van der Waals surface area contributed by atoms with Crippen LogP contribution in [0, 0.1) is 0 Å². The molecule has 81 heavy (non-hydrogen) atoms. The number of carbonyl (C=O) groups excluding carboxylic acids is 2. The van der Waals surface area contributed by atoms with Gasteiger partial charge in [0.25, 0.3) is 11.1 Å². The van der Waals surface area contributed by atoms with E-state index in [1.807, 2.05) is 0 Å². The number of aromatic nitrogens is 4. The maximum Gasteiger partial charge on any atom is 0.380 e. The predicted octanol–water partition coefficient (Wildman–Crippen LogP) is 17.0. The Balaban J connectivity index is 0.953. The number of fused-ring (bicyclic) bond motifs is 4. The van der Waals surface area contributed by atoms with E-state index in [2.05, 4.69) is 55.1 Å². The fraction of sp³-hybridized carbons (Fsp3) is 0.508. The zero-order valence-corrected chi connectivity index (χ0v) is 48.7. The number of urea groups is 2. The van der Waals surface area contributed by atoms with Gasteiger partial charge in [0.2, 0.25) is 11.9 Å². The first-order chi connectivity index (χ1) is 38.6. The van der Waals surface area contributed by atoms with Crippen LogP contribution in [0.3, 0.4) is 0 Å². The Morgan fingerprint density at radius 1 is 0.481 bits per heavy atom. The van der Waals surface area contributed by atoms with Gasteiger partial charge in [0.05, 0.1) is 9.49 Å². The van der Waals surface area contributed by atoms with Gasteiger partial charge in [-0.05, 0) is 111 Å². The van der Waals surface area contributed by atoms with Gasteiger partial charge >= 0.3 is 29.8 Å². The van der Waals surface area contributed by atoms with Gasteiger partial charge in [-0.25, -0.2) is 9.59 Å². The Morgan fingerprint density at radius 3 is 1.14 bits per heavy atom. The lowest BCUT2D eigenvalue weighted by Gasteiger charge is -2.48. The Labute approximate surface area is 478 Å². The summed E-state index contributed by atoms with van der Waals surface area (Å²) in [4.78, 5) is 65.9. The molecule has 1 saturated carbocycles. The Bertz CT molecular complexity index is 3020. The minimum absolute atomic E-state index is 0.0298. The second-order valence-corrected chi connectivity index (χ2v) is 24.9. The zero-order chi connectivity index (χ0) is 58.3. The van der Waals surface area contributed by atoms with Crippen LogP contribution >= 0.6 is 23.5 Å². The Morgan fingerprint density at radius 2 is 0.802 bits per heavy atom. The number of nitrogens with zero attached hydrogens (tertiary/aromatic N) is 2. The highest BCUT2D eigenvalue weighted by Crippen LogP contribution is 2.77. The van der Waals surface area contributed by atoms with Crippen LogP contribution in [-0.2, 0) is 12.8 Å². The van der Waals surface area contributed by atoms with Gasteiger partial charge in [-0.15, -0.1) is 23.5 Å². The van der Waals surface area contributed by atoms with E-state index >= 15 is 26.3 Å². The van der Waals surface area contributed by atoms with E-state index in [9.17, 15) is 19.2 Å². The van der Waals surface area contributed by atoms with Crippen molar-refractivity contribution in [3.63, 3.8) is 0 Å². The van der Waals surface area contributed by atoms with Crippen LogP contribution in [0.15, 0.2) is 104 Å². The molecule has 8 rings (SSSR count). The SMILES string of the molecule is CCCCCCCCCCCc1cc(=O)nc(NC(=O)Nc2ccc(C3=C(C)C4=C5C(=C6C(C)=C(c7ccc(NC(=O)Nc8nc(=O)cc(CCCCCCCCCCC)[nH]8)cc7)SC6(C)C4(C)S3)C(F)(F)C(F)(F)C5(F)F)cc2)[nH]1. The molecule has 2 aliphatic carbocycles. The third-order valence-corrected chi connectivity index (χ3v) is 19.7. The molecular weight excluding hydrogens is 1090 g/mol. The highest BCUT2D eigenvalue weighted by atomic mass is 32.2. The number of nitrogens with one attached hydrogen (secondary N) is 6. The van der Waals surface area contributed by atoms with Crippen LogP contribution in [0.5, 0.6) is 0 Å². The summed E-state index contributed by atoms with van der Waals surface area (Å²) in [5.41, 5.74) is -1.19. The number of hydrogen-bond donors (Lipinski definition) is 6. The highest BCUT2D eigenvalue weighted by molar-refractivity contribution is 8.14. The number of rotatable bonds is 26. The minimum Gasteiger partial charge on any atom is -0.329 e. The Kier molecular flexibility index (Phi) is 19.3. The van der Waals surface area contributed by atoms with Crippen LogP contribution < -0.4 is 32.4 Å². The van der Waals surface area contributed by atoms with E-state index in [0.29, 0.717) is 56.5 Å². The quantitative estimate of drug-likeness (QED) is 0.0266. The number of aromatic amines is 2. The fourth-order valence-corrected chi connectivity index (χ4v) is 15.1. The second-order valence-electron chi connectivity index (χ2n) is 22.1. The van der Waals surface area contributed by atoms with Crippen LogP contribution in [0.4, 0.5) is 59.2 Å². The maximum absolute atomic E-state index is 16.4. The molecule has 2 aromatic carbocycles. The van der Waals surface area contributed by atoms with Crippen LogP contribution in [0.25, 0.3) is 9.81 Å². The first kappa shape index (κ1) is 61.1. The normalized spacial score (nSPS) is 20.4. The monoisotopic (exact) mass is 1160 g/mol. The molecule has 6 N–H and O–H groups in total. The molecule has 436 valence electrons. The van der Waals surface area contributed by atoms with Crippen molar-refractivity contribution in [2.45, 2.75) is 197 Å². The molecule has 2 aliphatic heterocycles. The van der Waals surface area contributed by atoms with Gasteiger partial charge < -0.3 is 20.6 Å². The number of alkyl halides is 6. The summed E-state index contributed by atoms with van der Waals surface area (Å²) in [6.07, 6.45) is 21.9. The number of H-pyrrole nitrogens is 2. The van der Waals surface area contributed by atoms with E-state index in [1.54, 1.807) is 62.4 Å². The summed E-state index contributed by atoms with van der Waals surface area (Å²) in [6.45, 7) is 10.6. The first-order valence-corrected chi connectivity index (χ1v) is 30.2. The second kappa shape index (κ2) is 25.6. The third kappa shape index (κ3) is 12.8. The maximum atomic E-state index is 16.4. The molecule has 20 heteroatoms. The summed E-state index contributed by atoms with van der Waals surface area (Å²) in [5.74, 6) is -16.3. The van der Waals surface area contributed by atoms with Crippen molar-refractivity contribution >= 4 is 68.7 Å². The fourth-order valence-electron chi connectivity index (χ4n) is 11.7. The van der Waals surface area contributed by atoms with E-state index < -0.39 is 61.6 Å². The number of unbranched alkanes of at least 4 members (excludes halogenated alkanes) is 16. The van der Waals surface area contributed by atoms with Gasteiger partial charge in [-0.2, -0.15) is 36.3 Å². The molecule has 4 amide bonds. The number of benzene rings is 2. The number of allylic oxidation sites excluding steroid dienone is 4. The molecule has 0 saturated heterocycles.